The first-order chi connectivity index (χ1) is 6.70. The fraction of sp³-hybridized carbons (Fsp3) is 0.100. The van der Waals surface area contributed by atoms with E-state index >= 15 is 0 Å². The van der Waals surface area contributed by atoms with Crippen LogP contribution in [0.15, 0.2) is 35.4 Å². The maximum atomic E-state index is 11.3. The Kier molecular flexibility index (Phi) is 2.52. The van der Waals surface area contributed by atoms with Crippen LogP contribution in [0.3, 0.4) is 0 Å². The Balaban J connectivity index is 2.81. The van der Waals surface area contributed by atoms with Crippen molar-refractivity contribution in [3.8, 4) is 0 Å². The molecule has 0 fully saturated rings. The second-order valence-electron chi connectivity index (χ2n) is 2.91. The van der Waals surface area contributed by atoms with Gasteiger partial charge in [0.25, 0.3) is 0 Å². The molecule has 0 aliphatic carbocycles. The van der Waals surface area contributed by atoms with Crippen molar-refractivity contribution in [2.24, 2.45) is 0 Å². The van der Waals surface area contributed by atoms with Crippen molar-refractivity contribution < 1.29 is 4.21 Å². The lowest BCUT2D eigenvalue weighted by Crippen LogP contribution is -1.91. The van der Waals surface area contributed by atoms with Crippen LogP contribution in [0.4, 0.5) is 0 Å². The summed E-state index contributed by atoms with van der Waals surface area (Å²) in [5, 5.41) is 1.39. The normalized spacial score (nSPS) is 13.0. The van der Waals surface area contributed by atoms with E-state index in [1.165, 1.54) is 0 Å². The monoisotopic (exact) mass is 225 g/mol. The van der Waals surface area contributed by atoms with Gasteiger partial charge in [-0.15, -0.1) is 0 Å². The van der Waals surface area contributed by atoms with Gasteiger partial charge in [0.15, 0.2) is 0 Å². The molecule has 0 bridgehead atoms. The van der Waals surface area contributed by atoms with E-state index in [9.17, 15) is 4.21 Å². The molecule has 2 aromatic rings. The molecule has 0 amide bonds. The molecule has 0 aliphatic rings. The number of rotatable bonds is 1. The molecule has 0 saturated carbocycles. The lowest BCUT2D eigenvalue weighted by molar-refractivity contribution is 0.686. The van der Waals surface area contributed by atoms with Gasteiger partial charge in [0.05, 0.1) is 26.2 Å². The highest BCUT2D eigenvalue weighted by atomic mass is 35.5. The average molecular weight is 226 g/mol. The predicted octanol–water partition coefficient (Wildman–Crippen LogP) is 2.63. The Morgan fingerprint density at radius 2 is 2.07 bits per heavy atom. The van der Waals surface area contributed by atoms with Crippen LogP contribution in [0, 0.1) is 0 Å². The van der Waals surface area contributed by atoms with Crippen molar-refractivity contribution in [1.82, 2.24) is 4.98 Å². The van der Waals surface area contributed by atoms with Crippen LogP contribution in [0.5, 0.6) is 0 Å². The zero-order valence-electron chi connectivity index (χ0n) is 7.53. The van der Waals surface area contributed by atoms with Crippen molar-refractivity contribution in [2.75, 3.05) is 6.26 Å². The molecule has 2 rings (SSSR count). The lowest BCUT2D eigenvalue weighted by Gasteiger charge is -2.03. The summed E-state index contributed by atoms with van der Waals surface area (Å²) in [7, 11) is -1.09. The molecular formula is C10H8ClNOS. The van der Waals surface area contributed by atoms with Gasteiger partial charge in [0.1, 0.15) is 0 Å². The smallest absolute Gasteiger partial charge is 0.0761 e. The minimum absolute atomic E-state index is 0.538. The number of fused-ring (bicyclic) bond motifs is 1. The van der Waals surface area contributed by atoms with Crippen molar-refractivity contribution in [3.05, 3.63) is 35.5 Å². The fourth-order valence-corrected chi connectivity index (χ4v) is 2.39. The molecule has 0 radical (unpaired) electrons. The molecule has 2 nitrogen and oxygen atoms in total. The minimum atomic E-state index is -1.09. The van der Waals surface area contributed by atoms with E-state index in [4.69, 9.17) is 11.6 Å². The maximum absolute atomic E-state index is 11.3. The minimum Gasteiger partial charge on any atom is -0.255 e. The summed E-state index contributed by atoms with van der Waals surface area (Å²) in [4.78, 5) is 4.77. The Hall–Kier alpha value is -0.930. The first-order valence-corrected chi connectivity index (χ1v) is 6.00. The number of pyridine rings is 1. The number of halogens is 1. The predicted molar refractivity (Wildman–Crippen MR) is 59.1 cm³/mol. The number of nitrogens with zero attached hydrogens (tertiary/aromatic N) is 1. The van der Waals surface area contributed by atoms with E-state index in [1.807, 2.05) is 24.3 Å². The standard InChI is InChI=1S/C10H8ClNOS/c1-14(13)9-6-12-8-5-3-2-4-7(8)10(9)11/h2-6H,1H3. The number of aromatic nitrogens is 1. The van der Waals surface area contributed by atoms with E-state index in [1.54, 1.807) is 12.5 Å². The van der Waals surface area contributed by atoms with Gasteiger partial charge in [-0.05, 0) is 6.07 Å². The molecule has 1 aromatic carbocycles. The zero-order valence-corrected chi connectivity index (χ0v) is 9.10. The molecule has 0 spiro atoms. The van der Waals surface area contributed by atoms with Gasteiger partial charge in [-0.3, -0.25) is 9.19 Å². The lowest BCUT2D eigenvalue weighted by atomic mass is 10.2. The summed E-state index contributed by atoms with van der Waals surface area (Å²) in [5.41, 5.74) is 0.826. The first kappa shape index (κ1) is 9.62. The van der Waals surface area contributed by atoms with Crippen LogP contribution < -0.4 is 0 Å². The molecule has 0 saturated heterocycles. The van der Waals surface area contributed by atoms with Gasteiger partial charge >= 0.3 is 0 Å². The number of hydrogen-bond acceptors (Lipinski definition) is 2. The van der Waals surface area contributed by atoms with Gasteiger partial charge < -0.3 is 0 Å². The Morgan fingerprint density at radius 3 is 2.79 bits per heavy atom. The van der Waals surface area contributed by atoms with Gasteiger partial charge in [-0.25, -0.2) is 0 Å². The second-order valence-corrected chi connectivity index (χ2v) is 4.63. The molecule has 0 aliphatic heterocycles. The Bertz CT molecular complexity index is 512. The van der Waals surface area contributed by atoms with E-state index in [0.29, 0.717) is 9.92 Å². The second kappa shape index (κ2) is 3.67. The summed E-state index contributed by atoms with van der Waals surface area (Å²) < 4.78 is 11.3. The van der Waals surface area contributed by atoms with Crippen LogP contribution in [0.1, 0.15) is 0 Å². The number of benzene rings is 1. The summed E-state index contributed by atoms with van der Waals surface area (Å²) in [6, 6.07) is 7.54. The highest BCUT2D eigenvalue weighted by Crippen LogP contribution is 2.26. The van der Waals surface area contributed by atoms with E-state index in [0.717, 1.165) is 10.9 Å². The molecule has 1 aromatic heterocycles. The van der Waals surface area contributed by atoms with E-state index in [2.05, 4.69) is 4.98 Å². The van der Waals surface area contributed by atoms with Crippen LogP contribution in [0.2, 0.25) is 5.02 Å². The van der Waals surface area contributed by atoms with Gasteiger partial charge in [-0.1, -0.05) is 29.8 Å². The Morgan fingerprint density at radius 1 is 1.36 bits per heavy atom. The third kappa shape index (κ3) is 1.53. The molecule has 1 atom stereocenters. The molecular weight excluding hydrogens is 218 g/mol. The van der Waals surface area contributed by atoms with Crippen LogP contribution in [-0.2, 0) is 10.8 Å². The van der Waals surface area contributed by atoms with E-state index in [-0.39, 0.29) is 0 Å². The van der Waals surface area contributed by atoms with Gasteiger partial charge in [0, 0.05) is 17.8 Å². The van der Waals surface area contributed by atoms with Gasteiger partial charge in [-0.2, -0.15) is 0 Å². The SMILES string of the molecule is CS(=O)c1cnc2ccccc2c1Cl. The third-order valence-electron chi connectivity index (χ3n) is 1.99. The molecule has 1 unspecified atom stereocenters. The summed E-state index contributed by atoms with van der Waals surface area (Å²) >= 11 is 6.10. The molecule has 0 N–H and O–H groups in total. The third-order valence-corrected chi connectivity index (χ3v) is 3.44. The van der Waals surface area contributed by atoms with Crippen molar-refractivity contribution >= 4 is 33.3 Å². The fourth-order valence-electron chi connectivity index (χ4n) is 1.29. The average Bonchev–Trinajstić information content (AvgIpc) is 2.18. The topological polar surface area (TPSA) is 30.0 Å². The highest BCUT2D eigenvalue weighted by Gasteiger charge is 2.08. The van der Waals surface area contributed by atoms with Crippen LogP contribution >= 0.6 is 11.6 Å². The van der Waals surface area contributed by atoms with Gasteiger partial charge in [0.2, 0.25) is 0 Å². The molecule has 14 heavy (non-hydrogen) atoms. The van der Waals surface area contributed by atoms with Crippen LogP contribution in [0.25, 0.3) is 10.9 Å². The van der Waals surface area contributed by atoms with E-state index < -0.39 is 10.8 Å². The zero-order chi connectivity index (χ0) is 10.1. The van der Waals surface area contributed by atoms with Crippen molar-refractivity contribution in [2.45, 2.75) is 4.90 Å². The highest BCUT2D eigenvalue weighted by molar-refractivity contribution is 7.84. The Labute approximate surface area is 89.4 Å². The first-order valence-electron chi connectivity index (χ1n) is 4.07. The number of hydrogen-bond donors (Lipinski definition) is 0. The number of para-hydroxylation sites is 1. The maximum Gasteiger partial charge on any atom is 0.0761 e. The molecule has 72 valence electrons. The van der Waals surface area contributed by atoms with Crippen molar-refractivity contribution in [3.63, 3.8) is 0 Å². The summed E-state index contributed by atoms with van der Waals surface area (Å²) in [6.07, 6.45) is 3.17. The molecule has 1 heterocycles. The molecule has 4 heteroatoms. The van der Waals surface area contributed by atoms with Crippen molar-refractivity contribution in [1.29, 1.82) is 0 Å². The largest absolute Gasteiger partial charge is 0.255 e. The van der Waals surface area contributed by atoms with Crippen LogP contribution in [-0.4, -0.2) is 15.4 Å². The summed E-state index contributed by atoms with van der Waals surface area (Å²) in [5.74, 6) is 0. The quantitative estimate of drug-likeness (QED) is 0.747. The summed E-state index contributed by atoms with van der Waals surface area (Å²) in [6.45, 7) is 0.